The number of amides is 1. The van der Waals surface area contributed by atoms with Gasteiger partial charge < -0.3 is 10.5 Å². The molecule has 0 aromatic rings. The highest BCUT2D eigenvalue weighted by atomic mass is 16.5. The fourth-order valence-corrected chi connectivity index (χ4v) is 2.82. The van der Waals surface area contributed by atoms with Crippen molar-refractivity contribution in [3.63, 3.8) is 0 Å². The molecule has 1 aliphatic heterocycles. The average molecular weight is 197 g/mol. The van der Waals surface area contributed by atoms with Crippen molar-refractivity contribution in [2.45, 2.75) is 38.5 Å². The maximum absolute atomic E-state index is 11.0. The lowest BCUT2D eigenvalue weighted by molar-refractivity contribution is -0.124. The second-order valence-electron chi connectivity index (χ2n) is 4.79. The summed E-state index contributed by atoms with van der Waals surface area (Å²) in [5.74, 6) is 0.0374. The number of carbonyl (C=O) groups is 1. The minimum atomic E-state index is -0.105. The van der Waals surface area contributed by atoms with E-state index in [4.69, 9.17) is 10.5 Å². The Balaban J connectivity index is 1.90. The van der Waals surface area contributed by atoms with Gasteiger partial charge in [0.25, 0.3) is 0 Å². The van der Waals surface area contributed by atoms with Gasteiger partial charge in [-0.25, -0.2) is 0 Å². The summed E-state index contributed by atoms with van der Waals surface area (Å²) >= 11 is 0. The Labute approximate surface area is 85.0 Å². The van der Waals surface area contributed by atoms with E-state index in [9.17, 15) is 4.79 Å². The Bertz CT molecular complexity index is 211. The van der Waals surface area contributed by atoms with E-state index in [2.05, 4.69) is 0 Å². The number of hydrogen-bond acceptors (Lipinski definition) is 2. The van der Waals surface area contributed by atoms with Gasteiger partial charge in [0.2, 0.25) is 5.91 Å². The average Bonchev–Trinajstić information content (AvgIpc) is 2.19. The van der Waals surface area contributed by atoms with Gasteiger partial charge in [-0.05, 0) is 43.9 Å². The molecule has 3 nitrogen and oxygen atoms in total. The van der Waals surface area contributed by atoms with Crippen molar-refractivity contribution >= 4 is 5.91 Å². The van der Waals surface area contributed by atoms with E-state index in [0.717, 1.165) is 26.1 Å². The van der Waals surface area contributed by atoms with Gasteiger partial charge in [0.1, 0.15) is 0 Å². The van der Waals surface area contributed by atoms with Gasteiger partial charge in [-0.3, -0.25) is 4.79 Å². The lowest BCUT2D eigenvalue weighted by Crippen LogP contribution is -2.37. The zero-order chi connectivity index (χ0) is 10.0. The molecule has 1 aliphatic carbocycles. The summed E-state index contributed by atoms with van der Waals surface area (Å²) in [6.07, 6.45) is 6.69. The highest BCUT2D eigenvalue weighted by Crippen LogP contribution is 2.45. The molecule has 0 aromatic carbocycles. The van der Waals surface area contributed by atoms with E-state index in [1.54, 1.807) is 0 Å². The van der Waals surface area contributed by atoms with Crippen LogP contribution >= 0.6 is 0 Å². The molecule has 0 aromatic heterocycles. The molecular weight excluding hydrogens is 178 g/mol. The third kappa shape index (κ3) is 1.92. The topological polar surface area (TPSA) is 52.3 Å². The van der Waals surface area contributed by atoms with Gasteiger partial charge in [-0.15, -0.1) is 0 Å². The molecular formula is C11H19NO2. The standard InChI is InChI=1S/C11H19NO2/c12-10(13)9-1-3-11(4-2-9)5-7-14-8-6-11/h9H,1-8H2,(H2,12,13). The lowest BCUT2D eigenvalue weighted by Gasteiger charge is -2.42. The van der Waals surface area contributed by atoms with Crippen LogP contribution < -0.4 is 5.73 Å². The number of rotatable bonds is 1. The molecule has 0 radical (unpaired) electrons. The van der Waals surface area contributed by atoms with E-state index in [-0.39, 0.29) is 11.8 Å². The third-order valence-electron chi connectivity index (χ3n) is 4.00. The Hall–Kier alpha value is -0.570. The van der Waals surface area contributed by atoms with Crippen LogP contribution in [0.1, 0.15) is 38.5 Å². The molecule has 1 spiro atoms. The maximum Gasteiger partial charge on any atom is 0.220 e. The van der Waals surface area contributed by atoms with Crippen molar-refractivity contribution in [2.24, 2.45) is 17.1 Å². The molecule has 1 amide bonds. The number of nitrogens with two attached hydrogens (primary N) is 1. The zero-order valence-corrected chi connectivity index (χ0v) is 8.63. The second kappa shape index (κ2) is 3.89. The summed E-state index contributed by atoms with van der Waals surface area (Å²) in [4.78, 5) is 11.0. The quantitative estimate of drug-likeness (QED) is 0.692. The van der Waals surface area contributed by atoms with Crippen molar-refractivity contribution in [2.75, 3.05) is 13.2 Å². The summed E-state index contributed by atoms with van der Waals surface area (Å²) in [6.45, 7) is 1.81. The van der Waals surface area contributed by atoms with E-state index >= 15 is 0 Å². The number of primary amides is 1. The maximum atomic E-state index is 11.0. The smallest absolute Gasteiger partial charge is 0.220 e. The molecule has 2 fully saturated rings. The molecule has 1 saturated heterocycles. The summed E-state index contributed by atoms with van der Waals surface area (Å²) < 4.78 is 5.38. The fourth-order valence-electron chi connectivity index (χ4n) is 2.82. The van der Waals surface area contributed by atoms with Crippen molar-refractivity contribution in [3.05, 3.63) is 0 Å². The second-order valence-corrected chi connectivity index (χ2v) is 4.79. The molecule has 14 heavy (non-hydrogen) atoms. The molecule has 1 heterocycles. The summed E-state index contributed by atoms with van der Waals surface area (Å²) in [5, 5.41) is 0. The summed E-state index contributed by atoms with van der Waals surface area (Å²) in [6, 6.07) is 0. The minimum Gasteiger partial charge on any atom is -0.381 e. The van der Waals surface area contributed by atoms with Crippen molar-refractivity contribution in [3.8, 4) is 0 Å². The van der Waals surface area contributed by atoms with Gasteiger partial charge in [0.15, 0.2) is 0 Å². The van der Waals surface area contributed by atoms with Gasteiger partial charge in [-0.2, -0.15) is 0 Å². The van der Waals surface area contributed by atoms with Gasteiger partial charge in [0.05, 0.1) is 0 Å². The van der Waals surface area contributed by atoms with Gasteiger partial charge >= 0.3 is 0 Å². The molecule has 2 rings (SSSR count). The van der Waals surface area contributed by atoms with Crippen LogP contribution in [0.4, 0.5) is 0 Å². The number of hydrogen-bond donors (Lipinski definition) is 1. The highest BCUT2D eigenvalue weighted by Gasteiger charge is 2.37. The zero-order valence-electron chi connectivity index (χ0n) is 8.63. The molecule has 2 N–H and O–H groups in total. The van der Waals surface area contributed by atoms with Gasteiger partial charge in [-0.1, -0.05) is 0 Å². The van der Waals surface area contributed by atoms with E-state index in [0.29, 0.717) is 5.41 Å². The number of ether oxygens (including phenoxy) is 1. The fraction of sp³-hybridized carbons (Fsp3) is 0.909. The molecule has 2 aliphatic rings. The van der Waals surface area contributed by atoms with Gasteiger partial charge in [0, 0.05) is 19.1 Å². The van der Waals surface area contributed by atoms with E-state index in [1.165, 1.54) is 25.7 Å². The molecule has 1 saturated carbocycles. The van der Waals surface area contributed by atoms with Crippen LogP contribution in [0.25, 0.3) is 0 Å². The van der Waals surface area contributed by atoms with E-state index in [1.807, 2.05) is 0 Å². The number of carbonyl (C=O) groups excluding carboxylic acids is 1. The normalized spacial score (nSPS) is 27.7. The molecule has 3 heteroatoms. The molecule has 0 atom stereocenters. The first-order valence-electron chi connectivity index (χ1n) is 5.59. The first-order chi connectivity index (χ1) is 6.72. The third-order valence-corrected chi connectivity index (χ3v) is 4.00. The van der Waals surface area contributed by atoms with Crippen LogP contribution in [0, 0.1) is 11.3 Å². The minimum absolute atomic E-state index is 0.105. The van der Waals surface area contributed by atoms with Crippen molar-refractivity contribution in [1.29, 1.82) is 0 Å². The Morgan fingerprint density at radius 1 is 1.14 bits per heavy atom. The van der Waals surface area contributed by atoms with Crippen LogP contribution in [0.2, 0.25) is 0 Å². The SMILES string of the molecule is NC(=O)C1CCC2(CCOCC2)CC1. The van der Waals surface area contributed by atoms with Crippen molar-refractivity contribution in [1.82, 2.24) is 0 Å². The predicted molar refractivity (Wildman–Crippen MR) is 53.6 cm³/mol. The van der Waals surface area contributed by atoms with Crippen LogP contribution in [-0.2, 0) is 9.53 Å². The molecule has 0 bridgehead atoms. The largest absolute Gasteiger partial charge is 0.381 e. The monoisotopic (exact) mass is 197 g/mol. The van der Waals surface area contributed by atoms with Crippen LogP contribution in [0.3, 0.4) is 0 Å². The predicted octanol–water partition coefficient (Wildman–Crippen LogP) is 1.46. The lowest BCUT2D eigenvalue weighted by atomic mass is 9.66. The first-order valence-corrected chi connectivity index (χ1v) is 5.59. The van der Waals surface area contributed by atoms with Crippen molar-refractivity contribution < 1.29 is 9.53 Å². The Morgan fingerprint density at radius 2 is 1.71 bits per heavy atom. The Morgan fingerprint density at radius 3 is 2.21 bits per heavy atom. The summed E-state index contributed by atoms with van der Waals surface area (Å²) in [7, 11) is 0. The van der Waals surface area contributed by atoms with Crippen LogP contribution in [0.15, 0.2) is 0 Å². The Kier molecular flexibility index (Phi) is 2.77. The highest BCUT2D eigenvalue weighted by molar-refractivity contribution is 5.76. The first kappa shape index (κ1) is 9.97. The van der Waals surface area contributed by atoms with E-state index < -0.39 is 0 Å². The van der Waals surface area contributed by atoms with Crippen LogP contribution in [-0.4, -0.2) is 19.1 Å². The summed E-state index contributed by atoms with van der Waals surface area (Å²) in [5.41, 5.74) is 5.81. The molecule has 0 unspecified atom stereocenters. The van der Waals surface area contributed by atoms with Crippen LogP contribution in [0.5, 0.6) is 0 Å². The molecule has 80 valence electrons.